The summed E-state index contributed by atoms with van der Waals surface area (Å²) in [5.74, 6) is 0.999. The van der Waals surface area contributed by atoms with Crippen molar-refractivity contribution in [2.24, 2.45) is 5.73 Å². The maximum atomic E-state index is 12.4. The molecule has 1 atom stereocenters. The maximum Gasteiger partial charge on any atom is 0.239 e. The van der Waals surface area contributed by atoms with Crippen LogP contribution in [0.25, 0.3) is 0 Å². The highest BCUT2D eigenvalue weighted by Gasteiger charge is 2.20. The van der Waals surface area contributed by atoms with Crippen molar-refractivity contribution in [1.29, 1.82) is 0 Å². The van der Waals surface area contributed by atoms with Crippen molar-refractivity contribution in [3.8, 4) is 0 Å². The van der Waals surface area contributed by atoms with E-state index in [0.29, 0.717) is 6.54 Å². The van der Waals surface area contributed by atoms with Crippen LogP contribution in [0.3, 0.4) is 0 Å². The normalized spacial score (nSPS) is 12.2. The van der Waals surface area contributed by atoms with Gasteiger partial charge in [-0.25, -0.2) is 0 Å². The van der Waals surface area contributed by atoms with Crippen LogP contribution in [0.2, 0.25) is 0 Å². The lowest BCUT2D eigenvalue weighted by Gasteiger charge is -2.25. The molecule has 4 heteroatoms. The van der Waals surface area contributed by atoms with E-state index in [2.05, 4.69) is 38.1 Å². The molecular formula is C16H26N2OS. The summed E-state index contributed by atoms with van der Waals surface area (Å²) in [7, 11) is 0. The molecule has 0 bridgehead atoms. The van der Waals surface area contributed by atoms with Crippen molar-refractivity contribution in [3.63, 3.8) is 0 Å². The Morgan fingerprint density at radius 3 is 2.55 bits per heavy atom. The van der Waals surface area contributed by atoms with Gasteiger partial charge in [0.25, 0.3) is 0 Å². The Hall–Kier alpha value is -1.00. The van der Waals surface area contributed by atoms with Gasteiger partial charge in [-0.1, -0.05) is 36.8 Å². The number of hydrogen-bond donors (Lipinski definition) is 1. The van der Waals surface area contributed by atoms with E-state index >= 15 is 0 Å². The first-order valence-electron chi connectivity index (χ1n) is 7.17. The second-order valence-corrected chi connectivity index (χ2v) is 6.12. The van der Waals surface area contributed by atoms with Gasteiger partial charge in [-0.15, -0.1) is 0 Å². The van der Waals surface area contributed by atoms with Crippen LogP contribution >= 0.6 is 11.8 Å². The fourth-order valence-electron chi connectivity index (χ4n) is 2.05. The van der Waals surface area contributed by atoms with Gasteiger partial charge in [0.2, 0.25) is 5.91 Å². The maximum absolute atomic E-state index is 12.4. The number of thioether (sulfide) groups is 1. The van der Waals surface area contributed by atoms with Crippen molar-refractivity contribution in [2.75, 3.05) is 18.6 Å². The highest BCUT2D eigenvalue weighted by molar-refractivity contribution is 7.98. The van der Waals surface area contributed by atoms with E-state index in [1.807, 2.05) is 11.2 Å². The summed E-state index contributed by atoms with van der Waals surface area (Å²) in [4.78, 5) is 14.3. The molecular weight excluding hydrogens is 268 g/mol. The molecule has 0 heterocycles. The molecule has 1 amide bonds. The molecule has 0 aliphatic heterocycles. The van der Waals surface area contributed by atoms with Crippen LogP contribution in [0.1, 0.15) is 30.9 Å². The van der Waals surface area contributed by atoms with Gasteiger partial charge in [0.1, 0.15) is 0 Å². The SMILES string of the molecule is CCCN(Cc1ccc(C)cc1)C(=O)[C@@H](N)CCSC. The standard InChI is InChI=1S/C16H26N2OS/c1-4-10-18(16(19)15(17)9-11-20-3)12-14-7-5-13(2)6-8-14/h5-8,15H,4,9-12,17H2,1-3H3/t15-/m0/s1. The van der Waals surface area contributed by atoms with Gasteiger partial charge in [0.05, 0.1) is 6.04 Å². The fourth-order valence-corrected chi connectivity index (χ4v) is 2.54. The Morgan fingerprint density at radius 2 is 2.00 bits per heavy atom. The Balaban J connectivity index is 2.67. The van der Waals surface area contributed by atoms with Crippen LogP contribution in [0.4, 0.5) is 0 Å². The van der Waals surface area contributed by atoms with Crippen LogP contribution in [0.5, 0.6) is 0 Å². The molecule has 0 unspecified atom stereocenters. The highest BCUT2D eigenvalue weighted by Crippen LogP contribution is 2.10. The first kappa shape index (κ1) is 17.1. The average molecular weight is 294 g/mol. The molecule has 112 valence electrons. The summed E-state index contributed by atoms with van der Waals surface area (Å²) in [6.07, 6.45) is 3.73. The third-order valence-corrected chi connectivity index (χ3v) is 3.89. The Morgan fingerprint density at radius 1 is 1.35 bits per heavy atom. The van der Waals surface area contributed by atoms with Gasteiger partial charge in [-0.2, -0.15) is 11.8 Å². The van der Waals surface area contributed by atoms with E-state index in [-0.39, 0.29) is 11.9 Å². The molecule has 0 spiro atoms. The molecule has 1 aromatic rings. The van der Waals surface area contributed by atoms with E-state index in [0.717, 1.165) is 30.7 Å². The lowest BCUT2D eigenvalue weighted by Crippen LogP contribution is -2.44. The van der Waals surface area contributed by atoms with Gasteiger partial charge < -0.3 is 10.6 Å². The summed E-state index contributed by atoms with van der Waals surface area (Å²) in [5, 5.41) is 0. The molecule has 0 aliphatic carbocycles. The zero-order chi connectivity index (χ0) is 15.0. The summed E-state index contributed by atoms with van der Waals surface area (Å²) >= 11 is 1.73. The van der Waals surface area contributed by atoms with Gasteiger partial charge >= 0.3 is 0 Å². The second kappa shape index (κ2) is 9.03. The van der Waals surface area contributed by atoms with Gasteiger partial charge in [-0.05, 0) is 37.3 Å². The van der Waals surface area contributed by atoms with Crippen molar-refractivity contribution in [3.05, 3.63) is 35.4 Å². The first-order chi connectivity index (χ1) is 9.58. The molecule has 0 radical (unpaired) electrons. The van der Waals surface area contributed by atoms with Crippen LogP contribution < -0.4 is 5.73 Å². The van der Waals surface area contributed by atoms with Gasteiger partial charge in [0.15, 0.2) is 0 Å². The lowest BCUT2D eigenvalue weighted by molar-refractivity contribution is -0.133. The number of carbonyl (C=O) groups excluding carboxylic acids is 1. The number of amides is 1. The van der Waals surface area contributed by atoms with E-state index in [1.165, 1.54) is 5.56 Å². The topological polar surface area (TPSA) is 46.3 Å². The summed E-state index contributed by atoms with van der Waals surface area (Å²) in [6, 6.07) is 7.95. The lowest BCUT2D eigenvalue weighted by atomic mass is 10.1. The minimum atomic E-state index is -0.376. The predicted molar refractivity (Wildman–Crippen MR) is 87.9 cm³/mol. The zero-order valence-corrected chi connectivity index (χ0v) is 13.6. The molecule has 0 saturated heterocycles. The number of nitrogens with two attached hydrogens (primary N) is 1. The molecule has 0 fully saturated rings. The van der Waals surface area contributed by atoms with Crippen LogP contribution in [-0.4, -0.2) is 35.4 Å². The average Bonchev–Trinajstić information content (AvgIpc) is 2.45. The predicted octanol–water partition coefficient (Wildman–Crippen LogP) is 2.81. The summed E-state index contributed by atoms with van der Waals surface area (Å²) in [6.45, 7) is 5.57. The van der Waals surface area contributed by atoms with E-state index in [4.69, 9.17) is 5.73 Å². The molecule has 20 heavy (non-hydrogen) atoms. The molecule has 0 aliphatic rings. The number of hydrogen-bond acceptors (Lipinski definition) is 3. The van der Waals surface area contributed by atoms with Crippen molar-refractivity contribution < 1.29 is 4.79 Å². The number of benzene rings is 1. The zero-order valence-electron chi connectivity index (χ0n) is 12.8. The molecule has 1 rings (SSSR count). The third kappa shape index (κ3) is 5.55. The third-order valence-electron chi connectivity index (χ3n) is 3.25. The molecule has 0 aromatic heterocycles. The minimum Gasteiger partial charge on any atom is -0.337 e. The van der Waals surface area contributed by atoms with Crippen molar-refractivity contribution >= 4 is 17.7 Å². The number of rotatable bonds is 8. The molecule has 0 saturated carbocycles. The van der Waals surface area contributed by atoms with Gasteiger partial charge in [-0.3, -0.25) is 4.79 Å². The first-order valence-corrected chi connectivity index (χ1v) is 8.56. The Labute approximate surface area is 126 Å². The smallest absolute Gasteiger partial charge is 0.239 e. The second-order valence-electron chi connectivity index (χ2n) is 5.13. The van der Waals surface area contributed by atoms with E-state index in [1.54, 1.807) is 11.8 Å². The van der Waals surface area contributed by atoms with E-state index in [9.17, 15) is 4.79 Å². The Bertz CT molecular complexity index is 405. The molecule has 2 N–H and O–H groups in total. The minimum absolute atomic E-state index is 0.0708. The number of nitrogens with zero attached hydrogens (tertiary/aromatic N) is 1. The summed E-state index contributed by atoms with van der Waals surface area (Å²) < 4.78 is 0. The van der Waals surface area contributed by atoms with E-state index < -0.39 is 0 Å². The monoisotopic (exact) mass is 294 g/mol. The summed E-state index contributed by atoms with van der Waals surface area (Å²) in [5.41, 5.74) is 8.40. The highest BCUT2D eigenvalue weighted by atomic mass is 32.2. The Kier molecular flexibility index (Phi) is 7.70. The largest absolute Gasteiger partial charge is 0.337 e. The van der Waals surface area contributed by atoms with Crippen LogP contribution in [-0.2, 0) is 11.3 Å². The number of aryl methyl sites for hydroxylation is 1. The van der Waals surface area contributed by atoms with Crippen LogP contribution in [0, 0.1) is 6.92 Å². The van der Waals surface area contributed by atoms with Gasteiger partial charge in [0, 0.05) is 13.1 Å². The van der Waals surface area contributed by atoms with Crippen molar-refractivity contribution in [1.82, 2.24) is 4.90 Å². The molecule has 1 aromatic carbocycles. The number of carbonyl (C=O) groups is 1. The quantitative estimate of drug-likeness (QED) is 0.802. The van der Waals surface area contributed by atoms with Crippen molar-refractivity contribution in [2.45, 2.75) is 39.3 Å². The van der Waals surface area contributed by atoms with Crippen LogP contribution in [0.15, 0.2) is 24.3 Å². The molecule has 3 nitrogen and oxygen atoms in total. The fraction of sp³-hybridized carbons (Fsp3) is 0.562.